The number of benzene rings is 1. The van der Waals surface area contributed by atoms with Crippen LogP contribution in [0.15, 0.2) is 53.9 Å². The lowest BCUT2D eigenvalue weighted by Crippen LogP contribution is -2.42. The zero-order chi connectivity index (χ0) is 48.6. The van der Waals surface area contributed by atoms with Crippen LogP contribution < -0.4 is 15.8 Å². The summed E-state index contributed by atoms with van der Waals surface area (Å²) < 4.78 is 57.0. The van der Waals surface area contributed by atoms with Crippen molar-refractivity contribution in [1.82, 2.24) is 19.5 Å². The fourth-order valence-electron chi connectivity index (χ4n) is 7.25. The van der Waals surface area contributed by atoms with E-state index in [0.717, 1.165) is 46.3 Å². The quantitative estimate of drug-likeness (QED) is 0.0293. The second-order valence-electron chi connectivity index (χ2n) is 17.0. The number of anilines is 1. The van der Waals surface area contributed by atoms with E-state index >= 15 is 0 Å². The van der Waals surface area contributed by atoms with Crippen molar-refractivity contribution in [2.75, 3.05) is 131 Å². The summed E-state index contributed by atoms with van der Waals surface area (Å²) >= 11 is 0. The maximum absolute atomic E-state index is 13.2. The fraction of sp³-hybridized carbons (Fsp3) is 0.592. The molecular formula is C49H73N7O12. The van der Waals surface area contributed by atoms with Crippen LogP contribution in [0.1, 0.15) is 57.2 Å². The van der Waals surface area contributed by atoms with E-state index in [1.54, 1.807) is 47.1 Å². The molecule has 19 heteroatoms. The number of fused-ring (bicyclic) bond motifs is 1. The first-order chi connectivity index (χ1) is 33.0. The molecule has 19 nitrogen and oxygen atoms in total. The van der Waals surface area contributed by atoms with Crippen LogP contribution >= 0.6 is 0 Å². The van der Waals surface area contributed by atoms with Gasteiger partial charge in [-0.25, -0.2) is 19.3 Å². The summed E-state index contributed by atoms with van der Waals surface area (Å²) in [7, 11) is 1.64. The number of carbonyl (C=O) groups is 1. The average Bonchev–Trinajstić information content (AvgIpc) is 3.97. The minimum Gasteiger partial charge on any atom is -0.508 e. The highest BCUT2D eigenvalue weighted by molar-refractivity contribution is 6.06. The fourth-order valence-corrected chi connectivity index (χ4v) is 7.25. The van der Waals surface area contributed by atoms with Crippen LogP contribution in [-0.4, -0.2) is 174 Å². The molecule has 3 aromatic heterocycles. The van der Waals surface area contributed by atoms with E-state index in [-0.39, 0.29) is 23.7 Å². The summed E-state index contributed by atoms with van der Waals surface area (Å²) in [6.07, 6.45) is 7.45. The number of nitrogens with zero attached hydrogens (tertiary/aromatic N) is 5. The standard InChI is InChI=1S/C49H73N7O12/c1-7-37-30-40(57)10-11-43(37)54-47(50)42-34-53-56-35-38(31-44(56)46(42)52-32-39-9-8-12-55(39)48(58)68-49(3,4)5)41-33-51-45(29-36(41)2)67-28-27-66-26-25-65-24-23-64-22-21-63-20-19-62-18-17-61-16-15-60-14-13-59-6/h10-11,29-31,33-35,39,52,57H,7-9,12-28,32H2,1-6H3,(H2,50,54)/t39-/m1/s1. The molecule has 1 atom stereocenters. The van der Waals surface area contributed by atoms with Crippen LogP contribution in [0.5, 0.6) is 11.6 Å². The summed E-state index contributed by atoms with van der Waals surface area (Å²) in [6.45, 7) is 18.4. The normalized spacial score (nSPS) is 14.3. The van der Waals surface area contributed by atoms with Gasteiger partial charge in [-0.1, -0.05) is 6.92 Å². The number of pyridine rings is 1. The molecule has 1 aliphatic rings. The summed E-state index contributed by atoms with van der Waals surface area (Å²) in [4.78, 5) is 24.4. The van der Waals surface area contributed by atoms with E-state index in [9.17, 15) is 9.90 Å². The van der Waals surface area contributed by atoms with E-state index in [2.05, 4.69) is 10.3 Å². The highest BCUT2D eigenvalue weighted by Crippen LogP contribution is 2.33. The Kier molecular flexibility index (Phi) is 23.0. The molecule has 4 N–H and O–H groups in total. The monoisotopic (exact) mass is 952 g/mol. The van der Waals surface area contributed by atoms with Crippen molar-refractivity contribution in [3.63, 3.8) is 0 Å². The SMILES string of the molecule is CCc1cc(O)ccc1N=C(N)c1cnn2cc(-c3cnc(OCCOCCOCCOCCOCCOCCOCCOCCOC)cc3C)cc2c1NC[C@H]1CCCN1C(=O)OC(C)(C)C. The number of phenols is 1. The van der Waals surface area contributed by atoms with E-state index in [1.165, 1.54) is 0 Å². The predicted molar refractivity (Wildman–Crippen MR) is 259 cm³/mol. The van der Waals surface area contributed by atoms with Crippen LogP contribution in [-0.2, 0) is 49.1 Å². The number of aliphatic imine (C=N–C) groups is 1. The molecule has 0 bridgehead atoms. The Bertz CT molecular complexity index is 2150. The van der Waals surface area contributed by atoms with Crippen molar-refractivity contribution in [2.45, 2.75) is 65.5 Å². The number of hydrogen-bond donors (Lipinski definition) is 3. The molecule has 4 heterocycles. The van der Waals surface area contributed by atoms with Gasteiger partial charge in [-0.05, 0) is 82.3 Å². The first-order valence-corrected chi connectivity index (χ1v) is 23.5. The van der Waals surface area contributed by atoms with Gasteiger partial charge in [0.1, 0.15) is 23.8 Å². The predicted octanol–water partition coefficient (Wildman–Crippen LogP) is 5.96. The summed E-state index contributed by atoms with van der Waals surface area (Å²) in [5.41, 5.74) is 12.5. The highest BCUT2D eigenvalue weighted by Gasteiger charge is 2.32. The number of carbonyl (C=O) groups excluding carboxylic acids is 1. The van der Waals surface area contributed by atoms with Crippen LogP contribution in [0.4, 0.5) is 16.2 Å². The van der Waals surface area contributed by atoms with Crippen molar-refractivity contribution < 1.29 is 57.3 Å². The maximum atomic E-state index is 13.2. The van der Waals surface area contributed by atoms with E-state index < -0.39 is 5.60 Å². The van der Waals surface area contributed by atoms with E-state index in [0.29, 0.717) is 142 Å². The van der Waals surface area contributed by atoms with Gasteiger partial charge < -0.3 is 68.4 Å². The minimum absolute atomic E-state index is 0.0966. The molecule has 68 heavy (non-hydrogen) atoms. The number of nitrogens with two attached hydrogens (primary N) is 1. The molecule has 1 aromatic carbocycles. The molecule has 1 fully saturated rings. The van der Waals surface area contributed by atoms with Crippen LogP contribution in [0.25, 0.3) is 16.6 Å². The minimum atomic E-state index is -0.603. The van der Waals surface area contributed by atoms with Crippen molar-refractivity contribution >= 4 is 28.8 Å². The Labute approximate surface area is 400 Å². The number of aromatic hydroxyl groups is 1. The number of hydrogen-bond acceptors (Lipinski definition) is 16. The van der Waals surface area contributed by atoms with Gasteiger partial charge in [-0.3, -0.25) is 0 Å². The summed E-state index contributed by atoms with van der Waals surface area (Å²) in [6, 6.07) is 8.88. The zero-order valence-electron chi connectivity index (χ0n) is 40.8. The largest absolute Gasteiger partial charge is 0.508 e. The lowest BCUT2D eigenvalue weighted by Gasteiger charge is -2.29. The molecule has 0 aliphatic carbocycles. The number of phenolic OH excluding ortho intramolecular Hbond substituents is 1. The topological polar surface area (TPSA) is 213 Å². The van der Waals surface area contributed by atoms with Crippen molar-refractivity contribution in [3.05, 3.63) is 65.6 Å². The molecule has 5 rings (SSSR count). The number of rotatable bonds is 32. The number of ether oxygens (including phenoxy) is 10. The third-order valence-electron chi connectivity index (χ3n) is 10.7. The van der Waals surface area contributed by atoms with E-state index in [4.69, 9.17) is 63.2 Å². The lowest BCUT2D eigenvalue weighted by atomic mass is 10.1. The first-order valence-electron chi connectivity index (χ1n) is 23.5. The Morgan fingerprint density at radius 1 is 0.838 bits per heavy atom. The number of nitrogens with one attached hydrogen (secondary N) is 1. The molecule has 1 saturated heterocycles. The van der Waals surface area contributed by atoms with Gasteiger partial charge in [0.25, 0.3) is 0 Å². The number of likely N-dealkylation sites (tertiary alicyclic amines) is 1. The molecule has 1 aliphatic heterocycles. The molecule has 0 radical (unpaired) electrons. The van der Waals surface area contributed by atoms with Crippen molar-refractivity contribution in [3.8, 4) is 22.8 Å². The molecule has 4 aromatic rings. The average molecular weight is 952 g/mol. The number of aromatic nitrogens is 3. The Balaban J connectivity index is 1.05. The van der Waals surface area contributed by atoms with Crippen LogP contribution in [0, 0.1) is 6.92 Å². The number of amides is 1. The Morgan fingerprint density at radius 2 is 1.43 bits per heavy atom. The second kappa shape index (κ2) is 29.0. The summed E-state index contributed by atoms with van der Waals surface area (Å²) in [5, 5.41) is 18.5. The number of methoxy groups -OCH3 is 1. The molecule has 376 valence electrons. The lowest BCUT2D eigenvalue weighted by molar-refractivity contribution is -0.0227. The van der Waals surface area contributed by atoms with Gasteiger partial charge in [-0.15, -0.1) is 0 Å². The molecule has 0 unspecified atom stereocenters. The van der Waals surface area contributed by atoms with Crippen molar-refractivity contribution in [2.24, 2.45) is 10.7 Å². The third-order valence-corrected chi connectivity index (χ3v) is 10.7. The molecule has 1 amide bonds. The zero-order valence-corrected chi connectivity index (χ0v) is 40.8. The first kappa shape index (κ1) is 53.8. The highest BCUT2D eigenvalue weighted by atomic mass is 16.6. The molecule has 0 spiro atoms. The van der Waals surface area contributed by atoms with Gasteiger partial charge in [0, 0.05) is 49.8 Å². The van der Waals surface area contributed by atoms with Gasteiger partial charge in [-0.2, -0.15) is 5.10 Å². The molecular weight excluding hydrogens is 879 g/mol. The Morgan fingerprint density at radius 3 is 1.99 bits per heavy atom. The summed E-state index contributed by atoms with van der Waals surface area (Å²) in [5.74, 6) is 0.912. The van der Waals surface area contributed by atoms with Gasteiger partial charge in [0.05, 0.1) is 134 Å². The molecule has 0 saturated carbocycles. The smallest absolute Gasteiger partial charge is 0.410 e. The van der Waals surface area contributed by atoms with E-state index in [1.807, 2.05) is 52.9 Å². The Hall–Kier alpha value is -5.12. The number of aryl methyl sites for hydroxylation is 2. The maximum Gasteiger partial charge on any atom is 0.410 e. The number of amidine groups is 1. The van der Waals surface area contributed by atoms with Crippen LogP contribution in [0.3, 0.4) is 0 Å². The third kappa shape index (κ3) is 18.1. The van der Waals surface area contributed by atoms with Gasteiger partial charge in [0.2, 0.25) is 5.88 Å². The second-order valence-corrected chi connectivity index (χ2v) is 17.0. The van der Waals surface area contributed by atoms with Gasteiger partial charge >= 0.3 is 6.09 Å². The van der Waals surface area contributed by atoms with Crippen molar-refractivity contribution in [1.29, 1.82) is 0 Å². The van der Waals surface area contributed by atoms with Gasteiger partial charge in [0.15, 0.2) is 0 Å². The van der Waals surface area contributed by atoms with Crippen LogP contribution in [0.2, 0.25) is 0 Å².